The van der Waals surface area contributed by atoms with E-state index in [4.69, 9.17) is 4.74 Å². The fraction of sp³-hybridized carbons (Fsp3) is 0.235. The molecule has 0 unspecified atom stereocenters. The van der Waals surface area contributed by atoms with Gasteiger partial charge < -0.3 is 9.64 Å². The van der Waals surface area contributed by atoms with Gasteiger partial charge in [-0.3, -0.25) is 4.79 Å². The van der Waals surface area contributed by atoms with Crippen molar-refractivity contribution in [3.63, 3.8) is 0 Å². The molecule has 1 amide bonds. The van der Waals surface area contributed by atoms with Gasteiger partial charge in [0.05, 0.1) is 0 Å². The molecule has 22 heavy (non-hydrogen) atoms. The number of fused-ring (bicyclic) bond motifs is 1. The molecule has 1 aliphatic heterocycles. The number of amides is 1. The van der Waals surface area contributed by atoms with Crippen LogP contribution in [-0.2, 0) is 11.2 Å². The van der Waals surface area contributed by atoms with Crippen LogP contribution >= 0.6 is 15.9 Å². The second-order valence-corrected chi connectivity index (χ2v) is 6.22. The standard InChI is InChI=1S/C17H15BrFNO2/c1-11-8-12-4-2-3-5-15(12)20(11)17(21)10-22-16-7-6-13(18)9-14(16)19/h2-7,9,11H,8,10H2,1H3/t11-/m1/s1. The first-order valence-corrected chi connectivity index (χ1v) is 7.83. The fourth-order valence-electron chi connectivity index (χ4n) is 2.75. The Morgan fingerprint density at radius 2 is 2.14 bits per heavy atom. The molecule has 2 aromatic carbocycles. The van der Waals surface area contributed by atoms with Gasteiger partial charge in [-0.2, -0.15) is 0 Å². The van der Waals surface area contributed by atoms with Gasteiger partial charge in [0.2, 0.25) is 0 Å². The maximum atomic E-state index is 13.7. The van der Waals surface area contributed by atoms with Crippen LogP contribution in [0.2, 0.25) is 0 Å². The van der Waals surface area contributed by atoms with Gasteiger partial charge in [-0.15, -0.1) is 0 Å². The SMILES string of the molecule is C[C@@H]1Cc2ccccc2N1C(=O)COc1ccc(Br)cc1F. The predicted molar refractivity (Wildman–Crippen MR) is 86.7 cm³/mol. The predicted octanol–water partition coefficient (Wildman–Crippen LogP) is 3.94. The van der Waals surface area contributed by atoms with Crippen molar-refractivity contribution < 1.29 is 13.9 Å². The minimum Gasteiger partial charge on any atom is -0.481 e. The first-order valence-electron chi connectivity index (χ1n) is 7.04. The van der Waals surface area contributed by atoms with Gasteiger partial charge in [-0.05, 0) is 43.2 Å². The van der Waals surface area contributed by atoms with Crippen LogP contribution in [0.5, 0.6) is 5.75 Å². The minimum atomic E-state index is -0.489. The number of benzene rings is 2. The highest BCUT2D eigenvalue weighted by Crippen LogP contribution is 2.32. The molecule has 0 saturated heterocycles. The molecule has 114 valence electrons. The van der Waals surface area contributed by atoms with Crippen molar-refractivity contribution >= 4 is 27.5 Å². The van der Waals surface area contributed by atoms with Crippen LogP contribution in [0.15, 0.2) is 46.9 Å². The molecule has 5 heteroatoms. The smallest absolute Gasteiger partial charge is 0.265 e. The van der Waals surface area contributed by atoms with Crippen molar-refractivity contribution in [1.82, 2.24) is 0 Å². The molecular weight excluding hydrogens is 349 g/mol. The van der Waals surface area contributed by atoms with Crippen LogP contribution in [0.1, 0.15) is 12.5 Å². The average Bonchev–Trinajstić information content (AvgIpc) is 2.82. The lowest BCUT2D eigenvalue weighted by Gasteiger charge is -2.22. The molecule has 1 atom stereocenters. The first-order chi connectivity index (χ1) is 10.6. The summed E-state index contributed by atoms with van der Waals surface area (Å²) in [6, 6.07) is 12.4. The van der Waals surface area contributed by atoms with Crippen molar-refractivity contribution in [1.29, 1.82) is 0 Å². The number of anilines is 1. The maximum absolute atomic E-state index is 13.7. The summed E-state index contributed by atoms with van der Waals surface area (Å²) in [6.45, 7) is 1.81. The summed E-state index contributed by atoms with van der Waals surface area (Å²) in [5, 5.41) is 0. The Bertz CT molecular complexity index is 720. The van der Waals surface area contributed by atoms with Crippen LogP contribution in [0, 0.1) is 5.82 Å². The van der Waals surface area contributed by atoms with E-state index in [1.807, 2.05) is 31.2 Å². The second kappa shape index (κ2) is 6.08. The highest BCUT2D eigenvalue weighted by molar-refractivity contribution is 9.10. The van der Waals surface area contributed by atoms with Gasteiger partial charge in [0.15, 0.2) is 18.2 Å². The number of hydrogen-bond donors (Lipinski definition) is 0. The lowest BCUT2D eigenvalue weighted by Crippen LogP contribution is -2.39. The maximum Gasteiger partial charge on any atom is 0.265 e. The number of ether oxygens (including phenoxy) is 1. The third kappa shape index (κ3) is 2.86. The summed E-state index contributed by atoms with van der Waals surface area (Å²) in [5.41, 5.74) is 2.07. The molecule has 0 aliphatic carbocycles. The molecule has 3 nitrogen and oxygen atoms in total. The number of hydrogen-bond acceptors (Lipinski definition) is 2. The van der Waals surface area contributed by atoms with E-state index in [1.165, 1.54) is 12.1 Å². The Morgan fingerprint density at radius 1 is 1.36 bits per heavy atom. The van der Waals surface area contributed by atoms with Crippen LogP contribution < -0.4 is 9.64 Å². The number of rotatable bonds is 3. The molecule has 0 N–H and O–H groups in total. The van der Waals surface area contributed by atoms with Gasteiger partial charge in [0, 0.05) is 16.2 Å². The highest BCUT2D eigenvalue weighted by atomic mass is 79.9. The van der Waals surface area contributed by atoms with E-state index in [0.29, 0.717) is 4.47 Å². The highest BCUT2D eigenvalue weighted by Gasteiger charge is 2.30. The molecule has 0 bridgehead atoms. The number of para-hydroxylation sites is 1. The summed E-state index contributed by atoms with van der Waals surface area (Å²) in [7, 11) is 0. The third-order valence-electron chi connectivity index (χ3n) is 3.72. The second-order valence-electron chi connectivity index (χ2n) is 5.31. The molecule has 2 aromatic rings. The number of halogens is 2. The molecule has 0 spiro atoms. The monoisotopic (exact) mass is 363 g/mol. The van der Waals surface area contributed by atoms with E-state index >= 15 is 0 Å². The normalized spacial score (nSPS) is 16.5. The lowest BCUT2D eigenvalue weighted by molar-refractivity contribution is -0.120. The lowest BCUT2D eigenvalue weighted by atomic mass is 10.1. The zero-order valence-corrected chi connectivity index (χ0v) is 13.6. The van der Waals surface area contributed by atoms with E-state index in [0.717, 1.165) is 17.7 Å². The number of carbonyl (C=O) groups excluding carboxylic acids is 1. The molecule has 3 rings (SSSR count). The van der Waals surface area contributed by atoms with Gasteiger partial charge in [-0.1, -0.05) is 34.1 Å². The summed E-state index contributed by atoms with van der Waals surface area (Å²) in [4.78, 5) is 14.2. The van der Waals surface area contributed by atoms with Gasteiger partial charge in [-0.25, -0.2) is 4.39 Å². The first kappa shape index (κ1) is 15.0. The summed E-state index contributed by atoms with van der Waals surface area (Å²) >= 11 is 3.19. The van der Waals surface area contributed by atoms with Gasteiger partial charge in [0.25, 0.3) is 5.91 Å². The topological polar surface area (TPSA) is 29.5 Å². The Morgan fingerprint density at radius 3 is 2.91 bits per heavy atom. The van der Waals surface area contributed by atoms with E-state index in [1.54, 1.807) is 11.0 Å². The van der Waals surface area contributed by atoms with Crippen LogP contribution in [-0.4, -0.2) is 18.6 Å². The van der Waals surface area contributed by atoms with Crippen molar-refractivity contribution in [3.05, 3.63) is 58.3 Å². The molecule has 0 fully saturated rings. The molecule has 1 aliphatic rings. The third-order valence-corrected chi connectivity index (χ3v) is 4.21. The Labute approximate surface area is 136 Å². The Hall–Kier alpha value is -1.88. The van der Waals surface area contributed by atoms with Crippen LogP contribution in [0.4, 0.5) is 10.1 Å². The summed E-state index contributed by atoms with van der Waals surface area (Å²) < 4.78 is 19.7. The number of carbonyl (C=O) groups is 1. The fourth-order valence-corrected chi connectivity index (χ4v) is 3.08. The zero-order valence-electron chi connectivity index (χ0n) is 12.1. The number of nitrogens with zero attached hydrogens (tertiary/aromatic N) is 1. The van der Waals surface area contributed by atoms with Crippen molar-refractivity contribution in [2.24, 2.45) is 0 Å². The molecule has 1 heterocycles. The largest absolute Gasteiger partial charge is 0.481 e. The van der Waals surface area contributed by atoms with Crippen LogP contribution in [0.3, 0.4) is 0 Å². The molecule has 0 radical (unpaired) electrons. The average molecular weight is 364 g/mol. The Kier molecular flexibility index (Phi) is 4.16. The molecule has 0 aromatic heterocycles. The summed E-state index contributed by atoms with van der Waals surface area (Å²) in [6.07, 6.45) is 0.828. The van der Waals surface area contributed by atoms with E-state index < -0.39 is 5.82 Å². The molecular formula is C17H15BrFNO2. The van der Waals surface area contributed by atoms with Crippen molar-refractivity contribution in [2.75, 3.05) is 11.5 Å². The van der Waals surface area contributed by atoms with Crippen molar-refractivity contribution in [2.45, 2.75) is 19.4 Å². The van der Waals surface area contributed by atoms with Crippen LogP contribution in [0.25, 0.3) is 0 Å². The van der Waals surface area contributed by atoms with Gasteiger partial charge in [0.1, 0.15) is 0 Å². The van der Waals surface area contributed by atoms with Crippen molar-refractivity contribution in [3.8, 4) is 5.75 Å². The summed E-state index contributed by atoms with van der Waals surface area (Å²) in [5.74, 6) is -0.575. The minimum absolute atomic E-state index is 0.0803. The van der Waals surface area contributed by atoms with E-state index in [2.05, 4.69) is 15.9 Å². The molecule has 0 saturated carbocycles. The van der Waals surface area contributed by atoms with Gasteiger partial charge >= 0.3 is 0 Å². The Balaban J connectivity index is 1.72. The zero-order chi connectivity index (χ0) is 15.7. The van der Waals surface area contributed by atoms with E-state index in [-0.39, 0.29) is 24.3 Å². The quantitative estimate of drug-likeness (QED) is 0.826. The van der Waals surface area contributed by atoms with E-state index in [9.17, 15) is 9.18 Å².